The second kappa shape index (κ2) is 3.66. The normalized spacial score (nSPS) is 10.9. The van der Waals surface area contributed by atoms with Crippen LogP contribution in [0, 0.1) is 12.7 Å². The molecule has 4 heteroatoms. The maximum atomic E-state index is 12.9. The summed E-state index contributed by atoms with van der Waals surface area (Å²) in [6.07, 6.45) is 5.27. The van der Waals surface area contributed by atoms with Crippen LogP contribution in [0.3, 0.4) is 0 Å². The molecule has 0 aliphatic carbocycles. The molecule has 0 fully saturated rings. The van der Waals surface area contributed by atoms with Gasteiger partial charge in [-0.25, -0.2) is 9.37 Å². The minimum Gasteiger partial charge on any atom is -0.297 e. The standard InChI is InChI=1S/C13H10FN3/c1-9-13(10-2-4-11(14)5-3-10)17-7-6-15-8-12(17)16-9/h2-8H,1H3. The summed E-state index contributed by atoms with van der Waals surface area (Å²) in [6, 6.07) is 6.42. The third kappa shape index (κ3) is 1.58. The first-order chi connectivity index (χ1) is 8.25. The lowest BCUT2D eigenvalue weighted by Gasteiger charge is -2.02. The molecule has 3 aromatic rings. The topological polar surface area (TPSA) is 30.2 Å². The van der Waals surface area contributed by atoms with Gasteiger partial charge in [-0.2, -0.15) is 0 Å². The highest BCUT2D eigenvalue weighted by Crippen LogP contribution is 2.24. The first-order valence-electron chi connectivity index (χ1n) is 5.30. The molecule has 0 aliphatic rings. The molecule has 0 saturated carbocycles. The molecule has 0 aliphatic heterocycles. The van der Waals surface area contributed by atoms with Crippen molar-refractivity contribution in [1.82, 2.24) is 14.4 Å². The van der Waals surface area contributed by atoms with Gasteiger partial charge in [0, 0.05) is 18.0 Å². The fourth-order valence-electron chi connectivity index (χ4n) is 1.98. The fourth-order valence-corrected chi connectivity index (χ4v) is 1.98. The van der Waals surface area contributed by atoms with Crippen LogP contribution in [0.4, 0.5) is 4.39 Å². The molecule has 2 heterocycles. The Kier molecular flexibility index (Phi) is 2.14. The van der Waals surface area contributed by atoms with Crippen molar-refractivity contribution < 1.29 is 4.39 Å². The minimum atomic E-state index is -0.234. The van der Waals surface area contributed by atoms with E-state index < -0.39 is 0 Å². The van der Waals surface area contributed by atoms with Gasteiger partial charge in [0.1, 0.15) is 5.82 Å². The van der Waals surface area contributed by atoms with E-state index in [2.05, 4.69) is 9.97 Å². The highest BCUT2D eigenvalue weighted by atomic mass is 19.1. The Bertz CT molecular complexity index is 671. The number of hydrogen-bond donors (Lipinski definition) is 0. The van der Waals surface area contributed by atoms with Crippen LogP contribution in [0.25, 0.3) is 16.9 Å². The Balaban J connectivity index is 2.29. The van der Waals surface area contributed by atoms with Gasteiger partial charge in [0.25, 0.3) is 0 Å². The van der Waals surface area contributed by atoms with Crippen molar-refractivity contribution >= 4 is 5.65 Å². The lowest BCUT2D eigenvalue weighted by Crippen LogP contribution is -1.89. The van der Waals surface area contributed by atoms with Crippen LogP contribution in [0.2, 0.25) is 0 Å². The Morgan fingerprint density at radius 2 is 1.94 bits per heavy atom. The van der Waals surface area contributed by atoms with E-state index in [1.807, 2.05) is 17.5 Å². The molecule has 17 heavy (non-hydrogen) atoms. The van der Waals surface area contributed by atoms with Crippen molar-refractivity contribution in [3.8, 4) is 11.3 Å². The minimum absolute atomic E-state index is 0.234. The van der Waals surface area contributed by atoms with E-state index in [1.165, 1.54) is 12.1 Å². The van der Waals surface area contributed by atoms with E-state index >= 15 is 0 Å². The van der Waals surface area contributed by atoms with Crippen LogP contribution in [-0.4, -0.2) is 14.4 Å². The summed E-state index contributed by atoms with van der Waals surface area (Å²) in [6.45, 7) is 1.94. The predicted octanol–water partition coefficient (Wildman–Crippen LogP) is 2.84. The van der Waals surface area contributed by atoms with E-state index in [9.17, 15) is 4.39 Å². The van der Waals surface area contributed by atoms with Crippen LogP contribution in [0.15, 0.2) is 42.9 Å². The van der Waals surface area contributed by atoms with Gasteiger partial charge in [0.2, 0.25) is 0 Å². The Morgan fingerprint density at radius 3 is 2.71 bits per heavy atom. The number of hydrogen-bond acceptors (Lipinski definition) is 2. The third-order valence-electron chi connectivity index (χ3n) is 2.72. The highest BCUT2D eigenvalue weighted by molar-refractivity contribution is 5.66. The number of aryl methyl sites for hydroxylation is 1. The van der Waals surface area contributed by atoms with Gasteiger partial charge in [-0.15, -0.1) is 0 Å². The summed E-state index contributed by atoms with van der Waals surface area (Å²) in [5, 5.41) is 0. The highest BCUT2D eigenvalue weighted by Gasteiger charge is 2.10. The Labute approximate surface area is 97.6 Å². The van der Waals surface area contributed by atoms with E-state index in [0.717, 1.165) is 22.6 Å². The fraction of sp³-hybridized carbons (Fsp3) is 0.0769. The molecule has 0 bridgehead atoms. The summed E-state index contributed by atoms with van der Waals surface area (Å²) >= 11 is 0. The molecule has 84 valence electrons. The zero-order valence-electron chi connectivity index (χ0n) is 9.26. The second-order valence-corrected chi connectivity index (χ2v) is 3.86. The van der Waals surface area contributed by atoms with E-state index in [1.54, 1.807) is 24.5 Å². The number of fused-ring (bicyclic) bond motifs is 1. The number of rotatable bonds is 1. The van der Waals surface area contributed by atoms with Gasteiger partial charge < -0.3 is 0 Å². The maximum absolute atomic E-state index is 12.9. The molecular formula is C13H10FN3. The molecule has 0 amide bonds. The van der Waals surface area contributed by atoms with Gasteiger partial charge in [0.05, 0.1) is 17.6 Å². The van der Waals surface area contributed by atoms with Crippen molar-refractivity contribution in [2.75, 3.05) is 0 Å². The molecular weight excluding hydrogens is 217 g/mol. The molecule has 2 aromatic heterocycles. The Morgan fingerprint density at radius 1 is 1.18 bits per heavy atom. The molecule has 0 atom stereocenters. The number of nitrogens with zero attached hydrogens (tertiary/aromatic N) is 3. The molecule has 0 unspecified atom stereocenters. The van der Waals surface area contributed by atoms with Gasteiger partial charge in [-0.05, 0) is 31.2 Å². The van der Waals surface area contributed by atoms with Crippen molar-refractivity contribution in [3.63, 3.8) is 0 Å². The molecule has 0 spiro atoms. The van der Waals surface area contributed by atoms with Crippen LogP contribution in [0.5, 0.6) is 0 Å². The van der Waals surface area contributed by atoms with Crippen molar-refractivity contribution in [2.24, 2.45) is 0 Å². The molecule has 0 radical (unpaired) electrons. The quantitative estimate of drug-likeness (QED) is 0.640. The molecule has 1 aromatic carbocycles. The van der Waals surface area contributed by atoms with Gasteiger partial charge in [-0.3, -0.25) is 9.38 Å². The zero-order chi connectivity index (χ0) is 11.8. The van der Waals surface area contributed by atoms with E-state index in [0.29, 0.717) is 0 Å². The van der Waals surface area contributed by atoms with Crippen molar-refractivity contribution in [2.45, 2.75) is 6.92 Å². The number of benzene rings is 1. The second-order valence-electron chi connectivity index (χ2n) is 3.86. The third-order valence-corrected chi connectivity index (χ3v) is 2.72. The summed E-state index contributed by atoms with van der Waals surface area (Å²) in [5.41, 5.74) is 3.62. The Hall–Kier alpha value is -2.23. The SMILES string of the molecule is Cc1nc2cnccn2c1-c1ccc(F)cc1. The smallest absolute Gasteiger partial charge is 0.156 e. The zero-order valence-corrected chi connectivity index (χ0v) is 9.26. The van der Waals surface area contributed by atoms with Crippen molar-refractivity contribution in [1.29, 1.82) is 0 Å². The molecule has 3 rings (SSSR count). The maximum Gasteiger partial charge on any atom is 0.156 e. The van der Waals surface area contributed by atoms with Crippen LogP contribution < -0.4 is 0 Å². The summed E-state index contributed by atoms with van der Waals surface area (Å²) in [5.74, 6) is -0.234. The predicted molar refractivity (Wildman–Crippen MR) is 63.1 cm³/mol. The van der Waals surface area contributed by atoms with Gasteiger partial charge in [0.15, 0.2) is 5.65 Å². The van der Waals surface area contributed by atoms with Crippen LogP contribution >= 0.6 is 0 Å². The lowest BCUT2D eigenvalue weighted by atomic mass is 10.1. The average Bonchev–Trinajstić information content (AvgIpc) is 2.66. The van der Waals surface area contributed by atoms with Crippen LogP contribution in [0.1, 0.15) is 5.69 Å². The van der Waals surface area contributed by atoms with E-state index in [4.69, 9.17) is 0 Å². The van der Waals surface area contributed by atoms with Crippen molar-refractivity contribution in [3.05, 3.63) is 54.4 Å². The molecule has 0 saturated heterocycles. The van der Waals surface area contributed by atoms with Gasteiger partial charge in [-0.1, -0.05) is 0 Å². The first kappa shape index (κ1) is 9.96. The van der Waals surface area contributed by atoms with E-state index in [-0.39, 0.29) is 5.82 Å². The lowest BCUT2D eigenvalue weighted by molar-refractivity contribution is 0.628. The number of halogens is 1. The number of aromatic nitrogens is 3. The summed E-state index contributed by atoms with van der Waals surface area (Å²) in [4.78, 5) is 8.45. The largest absolute Gasteiger partial charge is 0.297 e. The average molecular weight is 227 g/mol. The summed E-state index contributed by atoms with van der Waals surface area (Å²) in [7, 11) is 0. The number of imidazole rings is 1. The summed E-state index contributed by atoms with van der Waals surface area (Å²) < 4.78 is 14.9. The molecule has 3 nitrogen and oxygen atoms in total. The van der Waals surface area contributed by atoms with Gasteiger partial charge >= 0.3 is 0 Å². The molecule has 0 N–H and O–H groups in total. The van der Waals surface area contributed by atoms with Crippen LogP contribution in [-0.2, 0) is 0 Å². The first-order valence-corrected chi connectivity index (χ1v) is 5.30. The monoisotopic (exact) mass is 227 g/mol.